The van der Waals surface area contributed by atoms with Gasteiger partial charge in [-0.1, -0.05) is 12.1 Å². The molecular weight excluding hydrogens is 386 g/mol. The van der Waals surface area contributed by atoms with Gasteiger partial charge in [-0.25, -0.2) is 9.97 Å². The van der Waals surface area contributed by atoms with Gasteiger partial charge in [0.2, 0.25) is 0 Å². The number of methoxy groups -OCH3 is 1. The Balaban J connectivity index is 1.53. The molecule has 5 rings (SSSR count). The highest BCUT2D eigenvalue weighted by atomic mass is 32.1. The van der Waals surface area contributed by atoms with Crippen LogP contribution in [0.25, 0.3) is 15.9 Å². The summed E-state index contributed by atoms with van der Waals surface area (Å²) in [6.45, 7) is 2.72. The van der Waals surface area contributed by atoms with Crippen molar-refractivity contribution >= 4 is 27.2 Å². The molecule has 0 spiro atoms. The number of imidazole rings is 1. The number of aromatic nitrogens is 4. The van der Waals surface area contributed by atoms with Crippen LogP contribution in [-0.2, 0) is 17.8 Å². The van der Waals surface area contributed by atoms with Crippen LogP contribution in [0.1, 0.15) is 30.4 Å². The minimum Gasteiger partial charge on any atom is -0.383 e. The zero-order chi connectivity index (χ0) is 19.8. The van der Waals surface area contributed by atoms with Crippen molar-refractivity contribution in [1.29, 1.82) is 0 Å². The SMILES string of the molecule is COCCn1c(C2CCCN2Cc2cn3ccsc3n2)nc2ccccc2c1=O. The van der Waals surface area contributed by atoms with Crippen molar-refractivity contribution in [2.45, 2.75) is 32.0 Å². The monoisotopic (exact) mass is 409 g/mol. The average Bonchev–Trinajstić information content (AvgIpc) is 3.44. The van der Waals surface area contributed by atoms with E-state index >= 15 is 0 Å². The molecule has 8 heteroatoms. The topological polar surface area (TPSA) is 64.7 Å². The van der Waals surface area contributed by atoms with E-state index in [9.17, 15) is 4.79 Å². The zero-order valence-corrected chi connectivity index (χ0v) is 17.1. The van der Waals surface area contributed by atoms with E-state index in [0.29, 0.717) is 18.5 Å². The molecule has 0 amide bonds. The Morgan fingerprint density at radius 3 is 3.03 bits per heavy atom. The molecule has 0 radical (unpaired) electrons. The molecule has 1 aliphatic rings. The largest absolute Gasteiger partial charge is 0.383 e. The van der Waals surface area contributed by atoms with Crippen molar-refractivity contribution in [1.82, 2.24) is 23.8 Å². The van der Waals surface area contributed by atoms with Crippen LogP contribution in [-0.4, -0.2) is 44.1 Å². The number of thiazole rings is 1. The highest BCUT2D eigenvalue weighted by molar-refractivity contribution is 7.15. The van der Waals surface area contributed by atoms with Crippen molar-refractivity contribution in [3.05, 3.63) is 63.9 Å². The number of rotatable bonds is 6. The molecular formula is C21H23N5O2S. The fourth-order valence-corrected chi connectivity index (χ4v) is 4.93. The van der Waals surface area contributed by atoms with Crippen LogP contribution in [0.3, 0.4) is 0 Å². The minimum atomic E-state index is 0.0111. The Labute approximate surface area is 172 Å². The first kappa shape index (κ1) is 18.5. The van der Waals surface area contributed by atoms with Crippen LogP contribution in [0.4, 0.5) is 0 Å². The lowest BCUT2D eigenvalue weighted by Gasteiger charge is -2.26. The molecule has 1 aliphatic heterocycles. The van der Waals surface area contributed by atoms with Gasteiger partial charge in [-0.05, 0) is 31.5 Å². The van der Waals surface area contributed by atoms with Crippen molar-refractivity contribution in [2.24, 2.45) is 0 Å². The van der Waals surface area contributed by atoms with Gasteiger partial charge >= 0.3 is 0 Å². The van der Waals surface area contributed by atoms with Crippen molar-refractivity contribution in [3.63, 3.8) is 0 Å². The van der Waals surface area contributed by atoms with Crippen molar-refractivity contribution in [2.75, 3.05) is 20.3 Å². The molecule has 0 N–H and O–H groups in total. The van der Waals surface area contributed by atoms with Gasteiger partial charge in [-0.15, -0.1) is 11.3 Å². The molecule has 29 heavy (non-hydrogen) atoms. The van der Waals surface area contributed by atoms with E-state index < -0.39 is 0 Å². The lowest BCUT2D eigenvalue weighted by molar-refractivity contribution is 0.178. The van der Waals surface area contributed by atoms with Crippen molar-refractivity contribution < 1.29 is 4.74 Å². The number of likely N-dealkylation sites (tertiary alicyclic amines) is 1. The Kier molecular flexibility index (Phi) is 4.91. The highest BCUT2D eigenvalue weighted by Crippen LogP contribution is 2.32. The predicted octanol–water partition coefficient (Wildman–Crippen LogP) is 3.09. The van der Waals surface area contributed by atoms with E-state index in [1.165, 1.54) is 0 Å². The number of nitrogens with zero attached hydrogens (tertiary/aromatic N) is 5. The Morgan fingerprint density at radius 2 is 2.17 bits per heavy atom. The first-order chi connectivity index (χ1) is 14.2. The van der Waals surface area contributed by atoms with Gasteiger partial charge in [-0.3, -0.25) is 18.7 Å². The number of benzene rings is 1. The summed E-state index contributed by atoms with van der Waals surface area (Å²) in [4.78, 5) is 26.3. The lowest BCUT2D eigenvalue weighted by Crippen LogP contribution is -2.33. The molecule has 1 atom stereocenters. The van der Waals surface area contributed by atoms with E-state index in [-0.39, 0.29) is 11.6 Å². The molecule has 0 bridgehead atoms. The normalized spacial score (nSPS) is 17.6. The van der Waals surface area contributed by atoms with E-state index in [0.717, 1.165) is 47.9 Å². The third kappa shape index (κ3) is 3.37. The molecule has 1 saturated heterocycles. The molecule has 150 valence electrons. The summed E-state index contributed by atoms with van der Waals surface area (Å²) in [5, 5.41) is 2.70. The highest BCUT2D eigenvalue weighted by Gasteiger charge is 2.31. The molecule has 4 heterocycles. The fraction of sp³-hybridized carbons (Fsp3) is 0.381. The van der Waals surface area contributed by atoms with Crippen LogP contribution in [0.2, 0.25) is 0 Å². The Morgan fingerprint density at radius 1 is 1.28 bits per heavy atom. The van der Waals surface area contributed by atoms with Crippen LogP contribution < -0.4 is 5.56 Å². The second-order valence-electron chi connectivity index (χ2n) is 7.39. The summed E-state index contributed by atoms with van der Waals surface area (Å²) < 4.78 is 9.13. The average molecular weight is 410 g/mol. The summed E-state index contributed by atoms with van der Waals surface area (Å²) in [5.41, 5.74) is 1.82. The smallest absolute Gasteiger partial charge is 0.261 e. The van der Waals surface area contributed by atoms with Crippen LogP contribution in [0.5, 0.6) is 0 Å². The first-order valence-electron chi connectivity index (χ1n) is 9.88. The fourth-order valence-electron chi connectivity index (χ4n) is 4.21. The van der Waals surface area contributed by atoms with Crippen LogP contribution >= 0.6 is 11.3 Å². The molecule has 1 aromatic carbocycles. The van der Waals surface area contributed by atoms with E-state index in [2.05, 4.69) is 15.5 Å². The molecule has 0 aliphatic carbocycles. The van der Waals surface area contributed by atoms with Crippen molar-refractivity contribution in [3.8, 4) is 0 Å². The second-order valence-corrected chi connectivity index (χ2v) is 8.26. The number of fused-ring (bicyclic) bond motifs is 2. The number of para-hydroxylation sites is 1. The van der Waals surface area contributed by atoms with Gasteiger partial charge in [0.15, 0.2) is 4.96 Å². The zero-order valence-electron chi connectivity index (χ0n) is 16.3. The van der Waals surface area contributed by atoms with Gasteiger partial charge in [0.05, 0.1) is 35.8 Å². The number of hydrogen-bond acceptors (Lipinski definition) is 6. The summed E-state index contributed by atoms with van der Waals surface area (Å²) in [6.07, 6.45) is 6.19. The van der Waals surface area contributed by atoms with E-state index in [1.54, 1.807) is 23.0 Å². The minimum absolute atomic E-state index is 0.0111. The number of ether oxygens (including phenoxy) is 1. The maximum Gasteiger partial charge on any atom is 0.261 e. The standard InChI is InChI=1S/C21H23N5O2S/c1-28-11-9-26-19(23-17-6-3-2-5-16(17)20(26)27)18-7-4-8-24(18)13-15-14-25-10-12-29-21(25)22-15/h2-3,5-6,10,12,14,18H,4,7-9,11,13H2,1H3. The second kappa shape index (κ2) is 7.70. The first-order valence-corrected chi connectivity index (χ1v) is 10.8. The summed E-state index contributed by atoms with van der Waals surface area (Å²) >= 11 is 1.64. The summed E-state index contributed by atoms with van der Waals surface area (Å²) in [5.74, 6) is 0.837. The molecule has 0 saturated carbocycles. The summed E-state index contributed by atoms with van der Waals surface area (Å²) in [7, 11) is 1.66. The summed E-state index contributed by atoms with van der Waals surface area (Å²) in [6, 6.07) is 7.69. The molecule has 4 aromatic rings. The molecule has 1 unspecified atom stereocenters. The van der Waals surface area contributed by atoms with Gasteiger partial charge in [0.25, 0.3) is 5.56 Å². The van der Waals surface area contributed by atoms with Crippen LogP contribution in [0, 0.1) is 0 Å². The van der Waals surface area contributed by atoms with E-state index in [1.807, 2.05) is 35.8 Å². The molecule has 7 nitrogen and oxygen atoms in total. The third-order valence-electron chi connectivity index (χ3n) is 5.58. The lowest BCUT2D eigenvalue weighted by atomic mass is 10.1. The molecule has 1 fully saturated rings. The molecule has 3 aromatic heterocycles. The third-order valence-corrected chi connectivity index (χ3v) is 6.35. The van der Waals surface area contributed by atoms with Crippen LogP contribution in [0.15, 0.2) is 46.8 Å². The van der Waals surface area contributed by atoms with Gasteiger partial charge < -0.3 is 4.74 Å². The quantitative estimate of drug-likeness (QED) is 0.490. The maximum atomic E-state index is 13.2. The van der Waals surface area contributed by atoms with E-state index in [4.69, 9.17) is 14.7 Å². The number of hydrogen-bond donors (Lipinski definition) is 0. The van der Waals surface area contributed by atoms with Gasteiger partial charge in [0, 0.05) is 31.4 Å². The maximum absolute atomic E-state index is 13.2. The van der Waals surface area contributed by atoms with Gasteiger partial charge in [0.1, 0.15) is 5.82 Å². The van der Waals surface area contributed by atoms with Gasteiger partial charge in [-0.2, -0.15) is 0 Å². The predicted molar refractivity (Wildman–Crippen MR) is 113 cm³/mol. The Bertz CT molecular complexity index is 1180. The Hall–Kier alpha value is -2.55.